The van der Waals surface area contributed by atoms with Gasteiger partial charge in [-0.25, -0.2) is 4.98 Å². The van der Waals surface area contributed by atoms with Gasteiger partial charge in [-0.2, -0.15) is 5.26 Å². The number of terminal acetylenes is 1. The maximum absolute atomic E-state index is 8.79. The Kier molecular flexibility index (Phi) is 2.67. The van der Waals surface area contributed by atoms with E-state index in [1.807, 2.05) is 13.8 Å². The van der Waals surface area contributed by atoms with Crippen molar-refractivity contribution in [2.24, 2.45) is 0 Å². The second-order valence-corrected chi connectivity index (χ2v) is 3.07. The molecule has 2 nitrogen and oxygen atoms in total. The van der Waals surface area contributed by atoms with Crippen LogP contribution in [0.2, 0.25) is 0 Å². The van der Waals surface area contributed by atoms with E-state index in [0.717, 1.165) is 5.56 Å². The van der Waals surface area contributed by atoms with Gasteiger partial charge in [-0.05, 0) is 17.5 Å². The zero-order valence-electron chi connectivity index (χ0n) is 7.70. The molecule has 1 aromatic heterocycles. The van der Waals surface area contributed by atoms with Gasteiger partial charge in [-0.15, -0.1) is 6.42 Å². The topological polar surface area (TPSA) is 36.7 Å². The van der Waals surface area contributed by atoms with Crippen LogP contribution >= 0.6 is 0 Å². The van der Waals surface area contributed by atoms with Crippen molar-refractivity contribution >= 4 is 0 Å². The lowest BCUT2D eigenvalue weighted by Gasteiger charge is -2.06. The molecule has 0 spiro atoms. The van der Waals surface area contributed by atoms with Crippen molar-refractivity contribution < 1.29 is 0 Å². The lowest BCUT2D eigenvalue weighted by Crippen LogP contribution is -1.96. The van der Waals surface area contributed by atoms with Crippen molar-refractivity contribution in [2.45, 2.75) is 19.8 Å². The molecule has 0 bridgehead atoms. The number of hydrogen-bond donors (Lipinski definition) is 0. The number of aromatic nitrogens is 1. The molecule has 0 fully saturated rings. The Bertz CT molecular complexity index is 392. The third kappa shape index (κ3) is 1.86. The molecule has 1 rings (SSSR count). The summed E-state index contributed by atoms with van der Waals surface area (Å²) in [5.74, 6) is 2.75. The van der Waals surface area contributed by atoms with Crippen LogP contribution in [0.5, 0.6) is 0 Å². The summed E-state index contributed by atoms with van der Waals surface area (Å²) in [6.45, 7) is 4.05. The van der Waals surface area contributed by atoms with Gasteiger partial charge in [0.05, 0.1) is 5.56 Å². The van der Waals surface area contributed by atoms with Crippen molar-refractivity contribution in [1.29, 1.82) is 5.26 Å². The highest BCUT2D eigenvalue weighted by Gasteiger charge is 2.07. The fourth-order valence-electron chi connectivity index (χ4n) is 1.12. The Labute approximate surface area is 78.2 Å². The van der Waals surface area contributed by atoms with Gasteiger partial charge in [0, 0.05) is 6.20 Å². The van der Waals surface area contributed by atoms with E-state index < -0.39 is 0 Å². The molecule has 0 aliphatic rings. The van der Waals surface area contributed by atoms with Crippen LogP contribution < -0.4 is 0 Å². The Morgan fingerprint density at radius 1 is 1.54 bits per heavy atom. The minimum absolute atomic E-state index is 0.296. The third-order valence-corrected chi connectivity index (χ3v) is 1.83. The van der Waals surface area contributed by atoms with Crippen molar-refractivity contribution in [1.82, 2.24) is 4.98 Å². The van der Waals surface area contributed by atoms with E-state index in [0.29, 0.717) is 17.2 Å². The van der Waals surface area contributed by atoms with Crippen molar-refractivity contribution in [2.75, 3.05) is 0 Å². The summed E-state index contributed by atoms with van der Waals surface area (Å²) >= 11 is 0. The molecular weight excluding hydrogens is 160 g/mol. The highest BCUT2D eigenvalue weighted by molar-refractivity contribution is 5.41. The van der Waals surface area contributed by atoms with E-state index in [2.05, 4.69) is 17.0 Å². The van der Waals surface area contributed by atoms with E-state index in [-0.39, 0.29) is 0 Å². The predicted octanol–water partition coefficient (Wildman–Crippen LogP) is 2.06. The largest absolute Gasteiger partial charge is 0.246 e. The smallest absolute Gasteiger partial charge is 0.113 e. The van der Waals surface area contributed by atoms with Crippen LogP contribution in [-0.2, 0) is 0 Å². The Morgan fingerprint density at radius 2 is 2.23 bits per heavy atom. The highest BCUT2D eigenvalue weighted by atomic mass is 14.7. The van der Waals surface area contributed by atoms with Gasteiger partial charge in [0.25, 0.3) is 0 Å². The first kappa shape index (κ1) is 9.29. The maximum atomic E-state index is 8.79. The molecule has 0 amide bonds. The Hall–Kier alpha value is -1.80. The average Bonchev–Trinajstić information content (AvgIpc) is 2.16. The highest BCUT2D eigenvalue weighted by Crippen LogP contribution is 2.18. The number of nitriles is 1. The number of hydrogen-bond acceptors (Lipinski definition) is 2. The van der Waals surface area contributed by atoms with E-state index in [4.69, 9.17) is 11.7 Å². The first-order valence-electron chi connectivity index (χ1n) is 4.05. The second kappa shape index (κ2) is 3.74. The molecule has 2 heteroatoms. The minimum atomic E-state index is 0.296. The summed E-state index contributed by atoms with van der Waals surface area (Å²) < 4.78 is 0. The summed E-state index contributed by atoms with van der Waals surface area (Å²) in [7, 11) is 0. The first-order chi connectivity index (χ1) is 6.19. The van der Waals surface area contributed by atoms with Gasteiger partial charge >= 0.3 is 0 Å². The molecule has 0 aliphatic carbocycles. The summed E-state index contributed by atoms with van der Waals surface area (Å²) in [6, 6.07) is 3.89. The molecule has 1 aromatic rings. The average molecular weight is 170 g/mol. The van der Waals surface area contributed by atoms with Crippen LogP contribution in [-0.4, -0.2) is 4.98 Å². The quantitative estimate of drug-likeness (QED) is 0.605. The van der Waals surface area contributed by atoms with Gasteiger partial charge in [0.2, 0.25) is 0 Å². The molecule has 0 saturated carbocycles. The monoisotopic (exact) mass is 170 g/mol. The van der Waals surface area contributed by atoms with Crippen LogP contribution in [0.15, 0.2) is 12.3 Å². The fraction of sp³-hybridized carbons (Fsp3) is 0.273. The zero-order valence-corrected chi connectivity index (χ0v) is 7.70. The van der Waals surface area contributed by atoms with E-state index in [1.54, 1.807) is 6.07 Å². The SMILES string of the molecule is C#Cc1cc(C(C)C)c(C#N)cn1. The van der Waals surface area contributed by atoms with Crippen LogP contribution in [0.3, 0.4) is 0 Å². The summed E-state index contributed by atoms with van der Waals surface area (Å²) in [6.07, 6.45) is 6.75. The van der Waals surface area contributed by atoms with E-state index >= 15 is 0 Å². The lowest BCUT2D eigenvalue weighted by molar-refractivity contribution is 0.857. The van der Waals surface area contributed by atoms with Crippen LogP contribution in [0.4, 0.5) is 0 Å². The minimum Gasteiger partial charge on any atom is -0.246 e. The van der Waals surface area contributed by atoms with Gasteiger partial charge in [0.15, 0.2) is 0 Å². The van der Waals surface area contributed by atoms with Crippen molar-refractivity contribution in [3.05, 3.63) is 29.1 Å². The molecule has 0 saturated heterocycles. The predicted molar refractivity (Wildman–Crippen MR) is 51.0 cm³/mol. The molecule has 0 unspecified atom stereocenters. The molecule has 0 aromatic carbocycles. The number of pyridine rings is 1. The summed E-state index contributed by atoms with van der Waals surface area (Å²) in [5.41, 5.74) is 2.15. The molecule has 13 heavy (non-hydrogen) atoms. The summed E-state index contributed by atoms with van der Waals surface area (Å²) in [5, 5.41) is 8.79. The van der Waals surface area contributed by atoms with Crippen LogP contribution in [0.25, 0.3) is 0 Å². The van der Waals surface area contributed by atoms with Gasteiger partial charge in [0.1, 0.15) is 11.8 Å². The third-order valence-electron chi connectivity index (χ3n) is 1.83. The van der Waals surface area contributed by atoms with Gasteiger partial charge in [-0.1, -0.05) is 19.8 Å². The van der Waals surface area contributed by atoms with Crippen LogP contribution in [0, 0.1) is 23.7 Å². The Morgan fingerprint density at radius 3 is 2.69 bits per heavy atom. The fourth-order valence-corrected chi connectivity index (χ4v) is 1.12. The zero-order chi connectivity index (χ0) is 9.84. The molecule has 1 heterocycles. The molecule has 0 atom stereocenters. The second-order valence-electron chi connectivity index (χ2n) is 3.07. The Balaban J connectivity index is 3.30. The van der Waals surface area contributed by atoms with Crippen molar-refractivity contribution in [3.8, 4) is 18.4 Å². The standard InChI is InChI=1S/C11H10N2/c1-4-10-5-11(8(2)3)9(6-12)7-13-10/h1,5,7-8H,2-3H3. The number of rotatable bonds is 1. The molecular formula is C11H10N2. The van der Waals surface area contributed by atoms with Gasteiger partial charge in [-0.3, -0.25) is 0 Å². The summed E-state index contributed by atoms with van der Waals surface area (Å²) in [4.78, 5) is 3.95. The molecule has 0 radical (unpaired) electrons. The lowest BCUT2D eigenvalue weighted by atomic mass is 9.99. The molecule has 0 aliphatic heterocycles. The maximum Gasteiger partial charge on any atom is 0.113 e. The normalized spacial score (nSPS) is 9.31. The van der Waals surface area contributed by atoms with E-state index in [9.17, 15) is 0 Å². The van der Waals surface area contributed by atoms with Crippen LogP contribution in [0.1, 0.15) is 36.6 Å². The van der Waals surface area contributed by atoms with Gasteiger partial charge < -0.3 is 0 Å². The molecule has 0 N–H and O–H groups in total. The first-order valence-corrected chi connectivity index (χ1v) is 4.05. The molecule has 64 valence electrons. The van der Waals surface area contributed by atoms with E-state index in [1.165, 1.54) is 6.20 Å². The number of nitrogens with zero attached hydrogens (tertiary/aromatic N) is 2. The van der Waals surface area contributed by atoms with Crippen molar-refractivity contribution in [3.63, 3.8) is 0 Å².